The summed E-state index contributed by atoms with van der Waals surface area (Å²) >= 11 is 0. The smallest absolute Gasteiger partial charge is 0.251 e. The van der Waals surface area contributed by atoms with E-state index in [0.29, 0.717) is 12.2 Å². The lowest BCUT2D eigenvalue weighted by Crippen LogP contribution is -2.20. The first kappa shape index (κ1) is 21.4. The third-order valence-electron chi connectivity index (χ3n) is 4.51. The molecule has 0 saturated heterocycles. The second-order valence-electron chi connectivity index (χ2n) is 6.57. The molecule has 2 aromatic rings. The summed E-state index contributed by atoms with van der Waals surface area (Å²) in [6.45, 7) is 6.58. The normalized spacial score (nSPS) is 12.0. The first-order valence-corrected chi connectivity index (χ1v) is 9.21. The number of carbonyl (C=O) groups is 1. The summed E-state index contributed by atoms with van der Waals surface area (Å²) in [5.74, 6) is -0.164. The van der Waals surface area contributed by atoms with E-state index >= 15 is 0 Å². The standard InChI is InChI=1S/C23H28N2O3/c1-16-9-11-19(12-10-16)18(3)25-28-15-22-17(2)7-6-8-20(22)21(13-14-27-5)23(26)24-4/h6-13H,14-15H2,1-5H3,(H,24,26)/b21-13+,25-18+. The van der Waals surface area contributed by atoms with E-state index in [-0.39, 0.29) is 12.5 Å². The fourth-order valence-electron chi connectivity index (χ4n) is 2.81. The van der Waals surface area contributed by atoms with Gasteiger partial charge in [0.15, 0.2) is 0 Å². The summed E-state index contributed by atoms with van der Waals surface area (Å²) in [6.07, 6.45) is 1.78. The Bertz CT molecular complexity index is 868. The summed E-state index contributed by atoms with van der Waals surface area (Å²) in [5.41, 5.74) is 6.36. The third-order valence-corrected chi connectivity index (χ3v) is 4.51. The molecular formula is C23H28N2O3. The van der Waals surface area contributed by atoms with Crippen LogP contribution in [-0.4, -0.2) is 32.4 Å². The first-order chi connectivity index (χ1) is 13.5. The lowest BCUT2D eigenvalue weighted by molar-refractivity contribution is -0.115. The number of nitrogens with zero attached hydrogens (tertiary/aromatic N) is 1. The summed E-state index contributed by atoms with van der Waals surface area (Å²) in [7, 11) is 3.21. The van der Waals surface area contributed by atoms with Crippen molar-refractivity contribution in [3.05, 3.63) is 76.4 Å². The Hall–Kier alpha value is -2.92. The molecule has 0 spiro atoms. The van der Waals surface area contributed by atoms with E-state index in [0.717, 1.165) is 28.0 Å². The SMILES string of the molecule is CNC(=O)/C(=C/COC)c1cccc(C)c1CO/N=C(\C)c1ccc(C)cc1. The fraction of sp³-hybridized carbons (Fsp3) is 0.304. The van der Waals surface area contributed by atoms with Gasteiger partial charge >= 0.3 is 0 Å². The predicted octanol–water partition coefficient (Wildman–Crippen LogP) is 4.02. The van der Waals surface area contributed by atoms with Crippen LogP contribution >= 0.6 is 0 Å². The van der Waals surface area contributed by atoms with Crippen molar-refractivity contribution in [2.24, 2.45) is 5.16 Å². The van der Waals surface area contributed by atoms with Crippen LogP contribution < -0.4 is 5.32 Å². The summed E-state index contributed by atoms with van der Waals surface area (Å²) in [5, 5.41) is 6.95. The van der Waals surface area contributed by atoms with Gasteiger partial charge in [-0.15, -0.1) is 0 Å². The van der Waals surface area contributed by atoms with Crippen molar-refractivity contribution >= 4 is 17.2 Å². The van der Waals surface area contributed by atoms with Crippen LogP contribution in [0.15, 0.2) is 53.7 Å². The van der Waals surface area contributed by atoms with E-state index < -0.39 is 0 Å². The highest BCUT2D eigenvalue weighted by Crippen LogP contribution is 2.24. The van der Waals surface area contributed by atoms with Crippen molar-refractivity contribution in [2.75, 3.05) is 20.8 Å². The van der Waals surface area contributed by atoms with Crippen LogP contribution in [0.2, 0.25) is 0 Å². The number of amides is 1. The lowest BCUT2D eigenvalue weighted by atomic mass is 9.95. The third kappa shape index (κ3) is 5.54. The van der Waals surface area contributed by atoms with E-state index in [1.54, 1.807) is 20.2 Å². The molecule has 0 bridgehead atoms. The van der Waals surface area contributed by atoms with Crippen molar-refractivity contribution in [3.8, 4) is 0 Å². The molecule has 5 nitrogen and oxygen atoms in total. The van der Waals surface area contributed by atoms with Crippen molar-refractivity contribution < 1.29 is 14.4 Å². The van der Waals surface area contributed by atoms with Crippen LogP contribution in [0.1, 0.15) is 34.7 Å². The molecule has 0 aliphatic carbocycles. The number of nitrogens with one attached hydrogen (secondary N) is 1. The first-order valence-electron chi connectivity index (χ1n) is 9.21. The number of ether oxygens (including phenoxy) is 1. The maximum atomic E-state index is 12.4. The van der Waals surface area contributed by atoms with Crippen LogP contribution in [-0.2, 0) is 21.0 Å². The van der Waals surface area contributed by atoms with Gasteiger partial charge in [0.2, 0.25) is 0 Å². The maximum Gasteiger partial charge on any atom is 0.251 e. The van der Waals surface area contributed by atoms with Gasteiger partial charge in [0.05, 0.1) is 12.3 Å². The van der Waals surface area contributed by atoms with Gasteiger partial charge in [-0.1, -0.05) is 53.2 Å². The predicted molar refractivity (Wildman–Crippen MR) is 113 cm³/mol. The number of hydrogen-bond donors (Lipinski definition) is 1. The van der Waals surface area contributed by atoms with Crippen molar-refractivity contribution in [2.45, 2.75) is 27.4 Å². The number of oxime groups is 1. The Morgan fingerprint density at radius 1 is 1.14 bits per heavy atom. The summed E-state index contributed by atoms with van der Waals surface area (Å²) < 4.78 is 5.12. The number of likely N-dealkylation sites (N-methyl/N-ethyl adjacent to an activating group) is 1. The average molecular weight is 380 g/mol. The van der Waals surface area contributed by atoms with Crippen LogP contribution in [0, 0.1) is 13.8 Å². The molecule has 0 saturated carbocycles. The molecule has 0 radical (unpaired) electrons. The van der Waals surface area contributed by atoms with Crippen LogP contribution in [0.4, 0.5) is 0 Å². The van der Waals surface area contributed by atoms with Gasteiger partial charge in [-0.2, -0.15) is 0 Å². The molecule has 0 aromatic heterocycles. The van der Waals surface area contributed by atoms with Gasteiger partial charge < -0.3 is 14.9 Å². The van der Waals surface area contributed by atoms with Crippen LogP contribution in [0.3, 0.4) is 0 Å². The van der Waals surface area contributed by atoms with Crippen LogP contribution in [0.25, 0.3) is 5.57 Å². The monoisotopic (exact) mass is 380 g/mol. The summed E-state index contributed by atoms with van der Waals surface area (Å²) in [6, 6.07) is 14.0. The Balaban J connectivity index is 2.27. The number of hydrogen-bond acceptors (Lipinski definition) is 4. The molecule has 5 heteroatoms. The minimum Gasteiger partial charge on any atom is -0.391 e. The molecule has 0 unspecified atom stereocenters. The lowest BCUT2D eigenvalue weighted by Gasteiger charge is -2.14. The van der Waals surface area contributed by atoms with E-state index in [1.165, 1.54) is 5.56 Å². The molecular weight excluding hydrogens is 352 g/mol. The fourth-order valence-corrected chi connectivity index (χ4v) is 2.81. The number of rotatable bonds is 8. The topological polar surface area (TPSA) is 59.9 Å². The zero-order valence-corrected chi connectivity index (χ0v) is 17.2. The van der Waals surface area contributed by atoms with Gasteiger partial charge in [-0.25, -0.2) is 0 Å². The van der Waals surface area contributed by atoms with Gasteiger partial charge in [0, 0.05) is 25.3 Å². The molecule has 1 N–H and O–H groups in total. The molecule has 1 amide bonds. The van der Waals surface area contributed by atoms with Gasteiger partial charge in [-0.05, 0) is 43.5 Å². The molecule has 0 aliphatic heterocycles. The molecule has 28 heavy (non-hydrogen) atoms. The van der Waals surface area contributed by atoms with Crippen molar-refractivity contribution in [1.29, 1.82) is 0 Å². The molecule has 0 aliphatic rings. The highest BCUT2D eigenvalue weighted by molar-refractivity contribution is 6.19. The van der Waals surface area contributed by atoms with Gasteiger partial charge in [0.25, 0.3) is 5.91 Å². The van der Waals surface area contributed by atoms with E-state index in [2.05, 4.69) is 10.5 Å². The molecule has 0 fully saturated rings. The Labute approximate surface area is 167 Å². The zero-order chi connectivity index (χ0) is 20.5. The van der Waals surface area contributed by atoms with Crippen molar-refractivity contribution in [1.82, 2.24) is 5.32 Å². The number of carbonyl (C=O) groups excluding carboxylic acids is 1. The van der Waals surface area contributed by atoms with Crippen LogP contribution in [0.5, 0.6) is 0 Å². The molecule has 148 valence electrons. The Morgan fingerprint density at radius 2 is 1.86 bits per heavy atom. The minimum atomic E-state index is -0.164. The summed E-state index contributed by atoms with van der Waals surface area (Å²) in [4.78, 5) is 18.0. The quantitative estimate of drug-likeness (QED) is 0.427. The zero-order valence-electron chi connectivity index (χ0n) is 17.2. The Kier molecular flexibility index (Phi) is 7.96. The molecule has 0 heterocycles. The van der Waals surface area contributed by atoms with E-state index in [9.17, 15) is 4.79 Å². The molecule has 2 rings (SSSR count). The van der Waals surface area contributed by atoms with E-state index in [4.69, 9.17) is 9.57 Å². The Morgan fingerprint density at radius 3 is 2.50 bits per heavy atom. The second-order valence-corrected chi connectivity index (χ2v) is 6.57. The highest BCUT2D eigenvalue weighted by Gasteiger charge is 2.16. The number of benzene rings is 2. The van der Waals surface area contributed by atoms with Gasteiger partial charge in [-0.3, -0.25) is 4.79 Å². The van der Waals surface area contributed by atoms with Gasteiger partial charge in [0.1, 0.15) is 6.61 Å². The average Bonchev–Trinajstić information content (AvgIpc) is 2.70. The molecule has 0 atom stereocenters. The molecule has 2 aromatic carbocycles. The number of aryl methyl sites for hydroxylation is 2. The number of methoxy groups -OCH3 is 1. The second kappa shape index (κ2) is 10.4. The van der Waals surface area contributed by atoms with Crippen molar-refractivity contribution in [3.63, 3.8) is 0 Å². The highest BCUT2D eigenvalue weighted by atomic mass is 16.6. The largest absolute Gasteiger partial charge is 0.391 e. The van der Waals surface area contributed by atoms with E-state index in [1.807, 2.05) is 63.2 Å². The maximum absolute atomic E-state index is 12.4. The minimum absolute atomic E-state index is 0.164.